The van der Waals surface area contributed by atoms with Gasteiger partial charge in [0.1, 0.15) is 6.54 Å². The van der Waals surface area contributed by atoms with Crippen molar-refractivity contribution in [3.8, 4) is 11.5 Å². The molecule has 158 valence electrons. The zero-order valence-electron chi connectivity index (χ0n) is 17.4. The van der Waals surface area contributed by atoms with Crippen LogP contribution in [0.2, 0.25) is 0 Å². The van der Waals surface area contributed by atoms with Crippen molar-refractivity contribution in [1.82, 2.24) is 5.32 Å². The van der Waals surface area contributed by atoms with Crippen molar-refractivity contribution in [1.29, 1.82) is 0 Å². The van der Waals surface area contributed by atoms with Crippen molar-refractivity contribution in [2.24, 2.45) is 0 Å². The Morgan fingerprint density at radius 2 is 1.76 bits per heavy atom. The SMILES string of the molecule is CCc1ccccc1N(CC(=O)N[C@@H](C)c1ccc(OC)c(OC)c1)S(C)(=O)=O. The van der Waals surface area contributed by atoms with Gasteiger partial charge in [0.05, 0.1) is 32.2 Å². The van der Waals surface area contributed by atoms with E-state index in [1.54, 1.807) is 38.5 Å². The maximum Gasteiger partial charge on any atom is 0.241 e. The molecule has 0 aromatic heterocycles. The molecule has 0 saturated heterocycles. The number of benzene rings is 2. The van der Waals surface area contributed by atoms with Crippen LogP contribution in [0.5, 0.6) is 11.5 Å². The fourth-order valence-corrected chi connectivity index (χ4v) is 3.94. The summed E-state index contributed by atoms with van der Waals surface area (Å²) in [6.07, 6.45) is 1.76. The van der Waals surface area contributed by atoms with Crippen molar-refractivity contribution < 1.29 is 22.7 Å². The van der Waals surface area contributed by atoms with E-state index < -0.39 is 15.9 Å². The van der Waals surface area contributed by atoms with Gasteiger partial charge in [-0.2, -0.15) is 0 Å². The maximum atomic E-state index is 12.7. The quantitative estimate of drug-likeness (QED) is 0.674. The van der Waals surface area contributed by atoms with E-state index >= 15 is 0 Å². The number of hydrogen-bond donors (Lipinski definition) is 1. The molecule has 0 heterocycles. The van der Waals surface area contributed by atoms with Gasteiger partial charge in [-0.25, -0.2) is 8.42 Å². The summed E-state index contributed by atoms with van der Waals surface area (Å²) in [6.45, 7) is 3.47. The number of rotatable bonds is 9. The van der Waals surface area contributed by atoms with E-state index in [0.29, 0.717) is 23.6 Å². The lowest BCUT2D eigenvalue weighted by atomic mass is 10.1. The molecule has 0 aliphatic carbocycles. The van der Waals surface area contributed by atoms with Crippen LogP contribution >= 0.6 is 0 Å². The third-order valence-electron chi connectivity index (χ3n) is 4.61. The van der Waals surface area contributed by atoms with Gasteiger partial charge in [-0.3, -0.25) is 9.10 Å². The van der Waals surface area contributed by atoms with E-state index in [-0.39, 0.29) is 12.6 Å². The number of aryl methyl sites for hydroxylation is 1. The van der Waals surface area contributed by atoms with Crippen LogP contribution < -0.4 is 19.1 Å². The highest BCUT2D eigenvalue weighted by Gasteiger charge is 2.23. The number of amides is 1. The minimum absolute atomic E-state index is 0.298. The number of hydrogen-bond acceptors (Lipinski definition) is 5. The Morgan fingerprint density at radius 3 is 2.34 bits per heavy atom. The predicted molar refractivity (Wildman–Crippen MR) is 114 cm³/mol. The van der Waals surface area contributed by atoms with E-state index in [1.807, 2.05) is 32.0 Å². The third-order valence-corrected chi connectivity index (χ3v) is 5.74. The van der Waals surface area contributed by atoms with E-state index in [9.17, 15) is 13.2 Å². The summed E-state index contributed by atoms with van der Waals surface area (Å²) in [5.74, 6) is 0.749. The highest BCUT2D eigenvalue weighted by molar-refractivity contribution is 7.92. The lowest BCUT2D eigenvalue weighted by Gasteiger charge is -2.25. The molecule has 2 aromatic carbocycles. The van der Waals surface area contributed by atoms with Gasteiger partial charge in [0.25, 0.3) is 0 Å². The monoisotopic (exact) mass is 420 g/mol. The number of nitrogens with one attached hydrogen (secondary N) is 1. The largest absolute Gasteiger partial charge is 0.493 e. The average Bonchev–Trinajstić information content (AvgIpc) is 2.70. The van der Waals surface area contributed by atoms with Gasteiger partial charge < -0.3 is 14.8 Å². The molecule has 29 heavy (non-hydrogen) atoms. The Kier molecular flexibility index (Phi) is 7.50. The normalized spacial score (nSPS) is 12.2. The fourth-order valence-electron chi connectivity index (χ4n) is 3.06. The second-order valence-corrected chi connectivity index (χ2v) is 8.56. The van der Waals surface area contributed by atoms with Crippen LogP contribution in [-0.4, -0.2) is 41.3 Å². The second kappa shape index (κ2) is 9.65. The number of methoxy groups -OCH3 is 2. The van der Waals surface area contributed by atoms with Gasteiger partial charge in [-0.05, 0) is 42.7 Å². The van der Waals surface area contributed by atoms with E-state index in [0.717, 1.165) is 21.7 Å². The van der Waals surface area contributed by atoms with Gasteiger partial charge in [-0.1, -0.05) is 31.2 Å². The van der Waals surface area contributed by atoms with Crippen molar-refractivity contribution in [2.75, 3.05) is 31.3 Å². The first-order valence-corrected chi connectivity index (χ1v) is 11.1. The van der Waals surface area contributed by atoms with Crippen molar-refractivity contribution in [2.45, 2.75) is 26.3 Å². The summed E-state index contributed by atoms with van der Waals surface area (Å²) in [7, 11) is -0.536. The number of sulfonamides is 1. The number of anilines is 1. The molecule has 0 radical (unpaired) electrons. The molecule has 2 aromatic rings. The van der Waals surface area contributed by atoms with Crippen LogP contribution in [-0.2, 0) is 21.2 Å². The van der Waals surface area contributed by atoms with Gasteiger partial charge in [0.15, 0.2) is 11.5 Å². The lowest BCUT2D eigenvalue weighted by Crippen LogP contribution is -2.41. The molecule has 0 aliphatic rings. The number of ether oxygens (including phenoxy) is 2. The van der Waals surface area contributed by atoms with Crippen LogP contribution in [0, 0.1) is 0 Å². The highest BCUT2D eigenvalue weighted by atomic mass is 32.2. The van der Waals surface area contributed by atoms with E-state index in [1.165, 1.54) is 0 Å². The smallest absolute Gasteiger partial charge is 0.241 e. The minimum atomic E-state index is -3.63. The number of nitrogens with zero attached hydrogens (tertiary/aromatic N) is 1. The van der Waals surface area contributed by atoms with Crippen LogP contribution in [0.25, 0.3) is 0 Å². The molecule has 0 spiro atoms. The van der Waals surface area contributed by atoms with Crippen LogP contribution in [0.15, 0.2) is 42.5 Å². The minimum Gasteiger partial charge on any atom is -0.493 e. The fraction of sp³-hybridized carbons (Fsp3) is 0.381. The van der Waals surface area contributed by atoms with Gasteiger partial charge in [0.2, 0.25) is 15.9 Å². The van der Waals surface area contributed by atoms with Gasteiger partial charge in [0, 0.05) is 0 Å². The zero-order chi connectivity index (χ0) is 21.6. The molecular formula is C21H28N2O5S. The molecule has 1 N–H and O–H groups in total. The Hall–Kier alpha value is -2.74. The molecule has 0 saturated carbocycles. The highest BCUT2D eigenvalue weighted by Crippen LogP contribution is 2.30. The second-order valence-electron chi connectivity index (χ2n) is 6.66. The van der Waals surface area contributed by atoms with Gasteiger partial charge in [-0.15, -0.1) is 0 Å². The molecular weight excluding hydrogens is 392 g/mol. The third kappa shape index (κ3) is 5.63. The number of para-hydroxylation sites is 1. The summed E-state index contributed by atoms with van der Waals surface area (Å²) >= 11 is 0. The number of carbonyl (C=O) groups is 1. The Labute approximate surface area is 172 Å². The Bertz CT molecular complexity index is 959. The molecule has 0 aliphatic heterocycles. The molecule has 8 heteroatoms. The molecule has 2 rings (SSSR count). The standard InChI is InChI=1S/C21H28N2O5S/c1-6-16-9-7-8-10-18(16)23(29(5,25)26)14-21(24)22-15(2)17-11-12-19(27-3)20(13-17)28-4/h7-13,15H,6,14H2,1-5H3,(H,22,24)/t15-/m0/s1. The van der Waals surface area contributed by atoms with E-state index in [4.69, 9.17) is 9.47 Å². The molecule has 7 nitrogen and oxygen atoms in total. The molecule has 0 unspecified atom stereocenters. The topological polar surface area (TPSA) is 84.9 Å². The predicted octanol–water partition coefficient (Wildman–Crippen LogP) is 2.91. The molecule has 0 fully saturated rings. The Balaban J connectivity index is 2.20. The summed E-state index contributed by atoms with van der Waals surface area (Å²) in [6, 6.07) is 12.2. The van der Waals surface area contributed by atoms with Crippen LogP contribution in [0.4, 0.5) is 5.69 Å². The van der Waals surface area contributed by atoms with Crippen LogP contribution in [0.3, 0.4) is 0 Å². The summed E-state index contributed by atoms with van der Waals surface area (Å²) in [5.41, 5.74) is 2.20. The first-order chi connectivity index (χ1) is 13.7. The first kappa shape index (κ1) is 22.5. The summed E-state index contributed by atoms with van der Waals surface area (Å²) in [5, 5.41) is 2.85. The zero-order valence-corrected chi connectivity index (χ0v) is 18.2. The molecule has 1 amide bonds. The average molecular weight is 421 g/mol. The lowest BCUT2D eigenvalue weighted by molar-refractivity contribution is -0.120. The summed E-state index contributed by atoms with van der Waals surface area (Å²) < 4.78 is 36.4. The van der Waals surface area contributed by atoms with Crippen molar-refractivity contribution in [3.63, 3.8) is 0 Å². The van der Waals surface area contributed by atoms with Crippen molar-refractivity contribution in [3.05, 3.63) is 53.6 Å². The summed E-state index contributed by atoms with van der Waals surface area (Å²) in [4.78, 5) is 12.7. The number of carbonyl (C=O) groups excluding carboxylic acids is 1. The maximum absolute atomic E-state index is 12.7. The van der Waals surface area contributed by atoms with Crippen molar-refractivity contribution >= 4 is 21.6 Å². The van der Waals surface area contributed by atoms with Crippen LogP contribution in [0.1, 0.15) is 31.0 Å². The first-order valence-electron chi connectivity index (χ1n) is 9.28. The molecule has 0 bridgehead atoms. The van der Waals surface area contributed by atoms with E-state index in [2.05, 4.69) is 5.32 Å². The molecule has 1 atom stereocenters. The Morgan fingerprint density at radius 1 is 1.10 bits per heavy atom. The van der Waals surface area contributed by atoms with Gasteiger partial charge >= 0.3 is 0 Å².